The monoisotopic (exact) mass is 261 g/mol. The van der Waals surface area contributed by atoms with Crippen molar-refractivity contribution in [3.8, 4) is 5.75 Å². The van der Waals surface area contributed by atoms with E-state index in [0.717, 1.165) is 0 Å². The minimum Gasteiger partial charge on any atom is -0.490 e. The quantitative estimate of drug-likeness (QED) is 0.833. The number of benzene rings is 1. The number of nitrogens with one attached hydrogen (secondary N) is 1. The molecule has 0 fully saturated rings. The summed E-state index contributed by atoms with van der Waals surface area (Å²) in [5.74, 6) is 0.497. The van der Waals surface area contributed by atoms with Crippen LogP contribution in [-0.4, -0.2) is 18.3 Å². The lowest BCUT2D eigenvalue weighted by atomic mass is 9.94. The second-order valence-electron chi connectivity index (χ2n) is 5.86. The van der Waals surface area contributed by atoms with Crippen LogP contribution < -0.4 is 10.1 Å². The number of Topliss-reactive ketones (excluding diaryl/α,β-unsaturated/α-hetero) is 1. The average Bonchev–Trinajstić information content (AvgIpc) is 2.46. The maximum atomic E-state index is 12.0. The molecule has 1 aliphatic rings. The number of anilines is 1. The van der Waals surface area contributed by atoms with Crippen molar-refractivity contribution in [2.24, 2.45) is 11.3 Å². The first kappa shape index (κ1) is 13.6. The van der Waals surface area contributed by atoms with Gasteiger partial charge in [-0.15, -0.1) is 0 Å². The minimum atomic E-state index is -0.582. The standard InChI is InChI=1S/C15H19NO3/c1-9(2)13(17)10-5-6-12-11(7-10)16-14(18)15(3,4)8-19-12/h5-7,9H,8H2,1-4H3,(H,16,18). The van der Waals surface area contributed by atoms with Gasteiger partial charge in [0, 0.05) is 11.5 Å². The highest BCUT2D eigenvalue weighted by molar-refractivity contribution is 6.01. The molecule has 1 aromatic rings. The van der Waals surface area contributed by atoms with Crippen LogP contribution in [0.3, 0.4) is 0 Å². The third kappa shape index (κ3) is 2.62. The molecule has 0 atom stereocenters. The Labute approximate surface area is 113 Å². The summed E-state index contributed by atoms with van der Waals surface area (Å²) < 4.78 is 5.63. The molecule has 4 nitrogen and oxygen atoms in total. The summed E-state index contributed by atoms with van der Waals surface area (Å²) in [7, 11) is 0. The summed E-state index contributed by atoms with van der Waals surface area (Å²) in [6.45, 7) is 7.69. The maximum absolute atomic E-state index is 12.0. The van der Waals surface area contributed by atoms with Gasteiger partial charge in [0.2, 0.25) is 5.91 Å². The number of hydrogen-bond donors (Lipinski definition) is 1. The second kappa shape index (κ2) is 4.68. The molecule has 0 unspecified atom stereocenters. The van der Waals surface area contributed by atoms with Crippen LogP contribution in [-0.2, 0) is 4.79 Å². The van der Waals surface area contributed by atoms with E-state index < -0.39 is 5.41 Å². The fourth-order valence-electron chi connectivity index (χ4n) is 1.86. The highest BCUT2D eigenvalue weighted by Crippen LogP contribution is 2.33. The zero-order valence-corrected chi connectivity index (χ0v) is 11.7. The first-order valence-electron chi connectivity index (χ1n) is 6.44. The Morgan fingerprint density at radius 1 is 1.37 bits per heavy atom. The summed E-state index contributed by atoms with van der Waals surface area (Å²) in [5, 5.41) is 2.83. The van der Waals surface area contributed by atoms with Crippen LogP contribution in [0, 0.1) is 11.3 Å². The van der Waals surface area contributed by atoms with Gasteiger partial charge in [0.15, 0.2) is 5.78 Å². The van der Waals surface area contributed by atoms with Crippen LogP contribution in [0.1, 0.15) is 38.1 Å². The molecule has 0 spiro atoms. The van der Waals surface area contributed by atoms with Crippen molar-refractivity contribution >= 4 is 17.4 Å². The lowest BCUT2D eigenvalue weighted by Crippen LogP contribution is -2.33. The molecule has 0 saturated heterocycles. The van der Waals surface area contributed by atoms with Crippen LogP contribution in [0.4, 0.5) is 5.69 Å². The molecule has 1 N–H and O–H groups in total. The van der Waals surface area contributed by atoms with Crippen molar-refractivity contribution in [1.82, 2.24) is 0 Å². The minimum absolute atomic E-state index is 0.0561. The zero-order valence-electron chi connectivity index (χ0n) is 11.7. The Hall–Kier alpha value is -1.84. The number of carbonyl (C=O) groups is 2. The Bertz CT molecular complexity index is 532. The molecule has 0 aliphatic carbocycles. The SMILES string of the molecule is CC(C)C(=O)c1ccc2c(c1)NC(=O)C(C)(C)CO2. The van der Waals surface area contributed by atoms with E-state index in [9.17, 15) is 9.59 Å². The number of fused-ring (bicyclic) bond motifs is 1. The normalized spacial score (nSPS) is 17.2. The number of amides is 1. The molecule has 1 aliphatic heterocycles. The Kier molecular flexibility index (Phi) is 3.35. The lowest BCUT2D eigenvalue weighted by Gasteiger charge is -2.18. The molecule has 1 amide bonds. The van der Waals surface area contributed by atoms with Crippen molar-refractivity contribution < 1.29 is 14.3 Å². The van der Waals surface area contributed by atoms with Gasteiger partial charge in [-0.3, -0.25) is 9.59 Å². The van der Waals surface area contributed by atoms with E-state index in [4.69, 9.17) is 4.74 Å². The molecule has 2 rings (SSSR count). The Balaban J connectivity index is 2.37. The van der Waals surface area contributed by atoms with Gasteiger partial charge in [-0.25, -0.2) is 0 Å². The Morgan fingerprint density at radius 2 is 2.05 bits per heavy atom. The van der Waals surface area contributed by atoms with E-state index in [0.29, 0.717) is 23.6 Å². The van der Waals surface area contributed by atoms with Gasteiger partial charge in [0.05, 0.1) is 11.1 Å². The highest BCUT2D eigenvalue weighted by atomic mass is 16.5. The predicted octanol–water partition coefficient (Wildman–Crippen LogP) is 2.88. The number of hydrogen-bond acceptors (Lipinski definition) is 3. The van der Waals surface area contributed by atoms with E-state index in [1.165, 1.54) is 0 Å². The molecule has 19 heavy (non-hydrogen) atoms. The van der Waals surface area contributed by atoms with Gasteiger partial charge >= 0.3 is 0 Å². The smallest absolute Gasteiger partial charge is 0.233 e. The van der Waals surface area contributed by atoms with E-state index in [1.807, 2.05) is 27.7 Å². The molecule has 0 aromatic heterocycles. The zero-order chi connectivity index (χ0) is 14.2. The Morgan fingerprint density at radius 3 is 2.68 bits per heavy atom. The largest absolute Gasteiger partial charge is 0.490 e. The first-order valence-corrected chi connectivity index (χ1v) is 6.44. The lowest BCUT2D eigenvalue weighted by molar-refractivity contribution is -0.124. The fourth-order valence-corrected chi connectivity index (χ4v) is 1.86. The van der Waals surface area contributed by atoms with Gasteiger partial charge in [-0.05, 0) is 32.0 Å². The summed E-state index contributed by atoms with van der Waals surface area (Å²) in [4.78, 5) is 24.0. The van der Waals surface area contributed by atoms with E-state index >= 15 is 0 Å². The molecule has 1 aromatic carbocycles. The summed E-state index contributed by atoms with van der Waals surface area (Å²) in [6, 6.07) is 5.18. The predicted molar refractivity (Wildman–Crippen MR) is 73.5 cm³/mol. The molecular formula is C15H19NO3. The van der Waals surface area contributed by atoms with E-state index in [-0.39, 0.29) is 17.6 Å². The van der Waals surface area contributed by atoms with E-state index in [1.54, 1.807) is 18.2 Å². The molecular weight excluding hydrogens is 242 g/mol. The van der Waals surface area contributed by atoms with E-state index in [2.05, 4.69) is 5.32 Å². The van der Waals surface area contributed by atoms with Crippen molar-refractivity contribution in [3.63, 3.8) is 0 Å². The number of carbonyl (C=O) groups excluding carboxylic acids is 2. The topological polar surface area (TPSA) is 55.4 Å². The van der Waals surface area contributed by atoms with Crippen molar-refractivity contribution in [1.29, 1.82) is 0 Å². The second-order valence-corrected chi connectivity index (χ2v) is 5.86. The number of ketones is 1. The summed E-state index contributed by atoms with van der Waals surface area (Å²) in [5.41, 5.74) is 0.584. The highest BCUT2D eigenvalue weighted by Gasteiger charge is 2.32. The van der Waals surface area contributed by atoms with Crippen molar-refractivity contribution in [3.05, 3.63) is 23.8 Å². The third-order valence-electron chi connectivity index (χ3n) is 3.24. The molecule has 0 saturated carbocycles. The van der Waals surface area contributed by atoms with Crippen LogP contribution in [0.2, 0.25) is 0 Å². The van der Waals surface area contributed by atoms with Gasteiger partial charge in [-0.1, -0.05) is 13.8 Å². The molecule has 1 heterocycles. The maximum Gasteiger partial charge on any atom is 0.233 e. The van der Waals surface area contributed by atoms with Crippen LogP contribution in [0.15, 0.2) is 18.2 Å². The van der Waals surface area contributed by atoms with Gasteiger partial charge in [0.1, 0.15) is 12.4 Å². The third-order valence-corrected chi connectivity index (χ3v) is 3.24. The molecule has 0 bridgehead atoms. The fraction of sp³-hybridized carbons (Fsp3) is 0.467. The van der Waals surface area contributed by atoms with Gasteiger partial charge in [0.25, 0.3) is 0 Å². The van der Waals surface area contributed by atoms with Crippen LogP contribution in [0.25, 0.3) is 0 Å². The van der Waals surface area contributed by atoms with Crippen LogP contribution in [0.5, 0.6) is 5.75 Å². The number of ether oxygens (including phenoxy) is 1. The van der Waals surface area contributed by atoms with Crippen LogP contribution >= 0.6 is 0 Å². The van der Waals surface area contributed by atoms with Crippen molar-refractivity contribution in [2.45, 2.75) is 27.7 Å². The van der Waals surface area contributed by atoms with Crippen molar-refractivity contribution in [2.75, 3.05) is 11.9 Å². The summed E-state index contributed by atoms with van der Waals surface area (Å²) in [6.07, 6.45) is 0. The van der Waals surface area contributed by atoms with Gasteiger partial charge in [-0.2, -0.15) is 0 Å². The molecule has 0 radical (unpaired) electrons. The molecule has 4 heteroatoms. The molecule has 102 valence electrons. The number of rotatable bonds is 2. The first-order chi connectivity index (χ1) is 8.81. The van der Waals surface area contributed by atoms with Gasteiger partial charge < -0.3 is 10.1 Å². The summed E-state index contributed by atoms with van der Waals surface area (Å²) >= 11 is 0. The average molecular weight is 261 g/mol.